The van der Waals surface area contributed by atoms with Gasteiger partial charge in [0, 0.05) is 11.3 Å². The zero-order valence-corrected chi connectivity index (χ0v) is 11.5. The normalized spacial score (nSPS) is 10.3. The van der Waals surface area contributed by atoms with Crippen molar-refractivity contribution in [2.45, 2.75) is 0 Å². The van der Waals surface area contributed by atoms with Crippen LogP contribution < -0.4 is 11.1 Å². The molecule has 2 aromatic carbocycles. The van der Waals surface area contributed by atoms with Gasteiger partial charge in [0.2, 0.25) is 5.91 Å². The van der Waals surface area contributed by atoms with Crippen molar-refractivity contribution in [1.82, 2.24) is 0 Å². The standard InChI is InChI=1S/C18H16N2O/c1-2-14-3-5-15(6-4-14)7-8-16-9-11-17(12-10-16)20-18(21)13-19/h1,3-12H,13,19H2,(H,20,21)/b8-7+. The van der Waals surface area contributed by atoms with Crippen molar-refractivity contribution in [1.29, 1.82) is 0 Å². The maximum Gasteiger partial charge on any atom is 0.238 e. The summed E-state index contributed by atoms with van der Waals surface area (Å²) >= 11 is 0. The van der Waals surface area contributed by atoms with Gasteiger partial charge in [0.05, 0.1) is 6.54 Å². The first-order chi connectivity index (χ1) is 10.2. The topological polar surface area (TPSA) is 55.1 Å². The lowest BCUT2D eigenvalue weighted by Crippen LogP contribution is -2.21. The fourth-order valence-corrected chi connectivity index (χ4v) is 1.77. The highest BCUT2D eigenvalue weighted by Gasteiger charge is 1.98. The molecule has 0 bridgehead atoms. The first-order valence-corrected chi connectivity index (χ1v) is 6.56. The molecule has 1 amide bonds. The lowest BCUT2D eigenvalue weighted by atomic mass is 10.1. The number of hydrogen-bond donors (Lipinski definition) is 2. The molecule has 104 valence electrons. The monoisotopic (exact) mass is 276 g/mol. The quantitative estimate of drug-likeness (QED) is 0.666. The van der Waals surface area contributed by atoms with Crippen LogP contribution in [-0.4, -0.2) is 12.5 Å². The third-order valence-electron chi connectivity index (χ3n) is 2.93. The van der Waals surface area contributed by atoms with E-state index in [-0.39, 0.29) is 12.5 Å². The van der Waals surface area contributed by atoms with E-state index in [2.05, 4.69) is 11.2 Å². The summed E-state index contributed by atoms with van der Waals surface area (Å²) in [5.74, 6) is 2.39. The predicted octanol–water partition coefficient (Wildman–Crippen LogP) is 2.74. The molecule has 3 nitrogen and oxygen atoms in total. The second-order valence-corrected chi connectivity index (χ2v) is 4.47. The van der Waals surface area contributed by atoms with Crippen LogP contribution in [0.15, 0.2) is 48.5 Å². The Kier molecular flexibility index (Phi) is 4.92. The molecule has 0 unspecified atom stereocenters. The molecule has 0 saturated heterocycles. The molecule has 2 aromatic rings. The first kappa shape index (κ1) is 14.6. The maximum absolute atomic E-state index is 11.2. The summed E-state index contributed by atoms with van der Waals surface area (Å²) in [6.45, 7) is -0.0185. The average molecular weight is 276 g/mol. The number of benzene rings is 2. The van der Waals surface area contributed by atoms with Gasteiger partial charge < -0.3 is 11.1 Å². The Morgan fingerprint density at radius 2 is 1.57 bits per heavy atom. The van der Waals surface area contributed by atoms with Crippen LogP contribution in [0.25, 0.3) is 12.2 Å². The van der Waals surface area contributed by atoms with Gasteiger partial charge in [0.15, 0.2) is 0 Å². The molecule has 0 fully saturated rings. The van der Waals surface area contributed by atoms with Crippen LogP contribution in [0.5, 0.6) is 0 Å². The Morgan fingerprint density at radius 3 is 2.05 bits per heavy atom. The fraction of sp³-hybridized carbons (Fsp3) is 0.0556. The molecule has 2 rings (SSSR count). The van der Waals surface area contributed by atoms with Gasteiger partial charge in [-0.25, -0.2) is 0 Å². The van der Waals surface area contributed by atoms with Crippen molar-refractivity contribution < 1.29 is 4.79 Å². The summed E-state index contributed by atoms with van der Waals surface area (Å²) in [6, 6.07) is 15.3. The molecule has 0 atom stereocenters. The van der Waals surface area contributed by atoms with E-state index in [0.717, 1.165) is 22.4 Å². The SMILES string of the molecule is C#Cc1ccc(/C=C/c2ccc(NC(=O)CN)cc2)cc1. The number of carbonyl (C=O) groups is 1. The highest BCUT2D eigenvalue weighted by molar-refractivity contribution is 5.92. The van der Waals surface area contributed by atoms with Crippen molar-refractivity contribution in [3.05, 3.63) is 65.2 Å². The summed E-state index contributed by atoms with van der Waals surface area (Å²) in [5, 5.41) is 2.70. The summed E-state index contributed by atoms with van der Waals surface area (Å²) in [5.41, 5.74) is 8.97. The Bertz CT molecular complexity index is 677. The van der Waals surface area contributed by atoms with Crippen LogP contribution in [0.1, 0.15) is 16.7 Å². The van der Waals surface area contributed by atoms with E-state index in [1.54, 1.807) is 0 Å². The van der Waals surface area contributed by atoms with Gasteiger partial charge in [-0.15, -0.1) is 6.42 Å². The van der Waals surface area contributed by atoms with Crippen LogP contribution in [0.2, 0.25) is 0 Å². The zero-order chi connectivity index (χ0) is 15.1. The van der Waals surface area contributed by atoms with E-state index in [0.29, 0.717) is 0 Å². The van der Waals surface area contributed by atoms with Gasteiger partial charge in [-0.3, -0.25) is 4.79 Å². The summed E-state index contributed by atoms with van der Waals surface area (Å²) in [7, 11) is 0. The number of amides is 1. The summed E-state index contributed by atoms with van der Waals surface area (Å²) < 4.78 is 0. The van der Waals surface area contributed by atoms with Crippen molar-refractivity contribution >= 4 is 23.7 Å². The maximum atomic E-state index is 11.2. The average Bonchev–Trinajstić information content (AvgIpc) is 2.54. The zero-order valence-electron chi connectivity index (χ0n) is 11.5. The lowest BCUT2D eigenvalue weighted by molar-refractivity contribution is -0.114. The number of terminal acetylenes is 1. The Hall–Kier alpha value is -2.83. The van der Waals surface area contributed by atoms with Gasteiger partial charge in [0.25, 0.3) is 0 Å². The second kappa shape index (κ2) is 7.09. The van der Waals surface area contributed by atoms with Crippen molar-refractivity contribution in [2.24, 2.45) is 5.73 Å². The fourth-order valence-electron chi connectivity index (χ4n) is 1.77. The van der Waals surface area contributed by atoms with Crippen molar-refractivity contribution in [2.75, 3.05) is 11.9 Å². The molecule has 3 N–H and O–H groups in total. The van der Waals surface area contributed by atoms with Gasteiger partial charge >= 0.3 is 0 Å². The van der Waals surface area contributed by atoms with Crippen LogP contribution in [0.3, 0.4) is 0 Å². The highest BCUT2D eigenvalue weighted by atomic mass is 16.1. The number of nitrogens with one attached hydrogen (secondary N) is 1. The van der Waals surface area contributed by atoms with E-state index < -0.39 is 0 Å². The van der Waals surface area contributed by atoms with Crippen molar-refractivity contribution in [3.63, 3.8) is 0 Å². The molecule has 3 heteroatoms. The molecular weight excluding hydrogens is 260 g/mol. The Morgan fingerprint density at radius 1 is 1.05 bits per heavy atom. The van der Waals surface area contributed by atoms with E-state index in [1.165, 1.54) is 0 Å². The minimum Gasteiger partial charge on any atom is -0.325 e. The minimum absolute atomic E-state index is 0.0185. The molecule has 0 spiro atoms. The van der Waals surface area contributed by atoms with E-state index >= 15 is 0 Å². The van der Waals surface area contributed by atoms with Crippen LogP contribution in [0.4, 0.5) is 5.69 Å². The second-order valence-electron chi connectivity index (χ2n) is 4.47. The lowest BCUT2D eigenvalue weighted by Gasteiger charge is -2.03. The third-order valence-corrected chi connectivity index (χ3v) is 2.93. The van der Waals surface area contributed by atoms with Gasteiger partial charge in [-0.1, -0.05) is 42.3 Å². The number of rotatable bonds is 4. The minimum atomic E-state index is -0.202. The molecule has 0 aromatic heterocycles. The molecule has 21 heavy (non-hydrogen) atoms. The molecule has 0 aliphatic rings. The number of hydrogen-bond acceptors (Lipinski definition) is 2. The van der Waals surface area contributed by atoms with Gasteiger partial charge in [-0.05, 0) is 35.4 Å². The highest BCUT2D eigenvalue weighted by Crippen LogP contribution is 2.13. The van der Waals surface area contributed by atoms with Crippen LogP contribution >= 0.6 is 0 Å². The van der Waals surface area contributed by atoms with Gasteiger partial charge in [0.1, 0.15) is 0 Å². The Labute approximate surface area is 124 Å². The summed E-state index contributed by atoms with van der Waals surface area (Å²) in [6.07, 6.45) is 9.32. The smallest absolute Gasteiger partial charge is 0.238 e. The van der Waals surface area contributed by atoms with E-state index in [9.17, 15) is 4.79 Å². The molecule has 0 radical (unpaired) electrons. The molecule has 0 saturated carbocycles. The van der Waals surface area contributed by atoms with Gasteiger partial charge in [-0.2, -0.15) is 0 Å². The summed E-state index contributed by atoms with van der Waals surface area (Å²) in [4.78, 5) is 11.2. The van der Waals surface area contributed by atoms with Crippen molar-refractivity contribution in [3.8, 4) is 12.3 Å². The van der Waals surface area contributed by atoms with Crippen LogP contribution in [0, 0.1) is 12.3 Å². The number of carbonyl (C=O) groups excluding carboxylic acids is 1. The number of nitrogens with two attached hydrogens (primary N) is 1. The number of anilines is 1. The molecular formula is C18H16N2O. The molecule has 0 heterocycles. The largest absolute Gasteiger partial charge is 0.325 e. The van der Waals surface area contributed by atoms with E-state index in [1.807, 2.05) is 60.7 Å². The first-order valence-electron chi connectivity index (χ1n) is 6.56. The molecule has 0 aliphatic carbocycles. The third kappa shape index (κ3) is 4.34. The van der Waals surface area contributed by atoms with Crippen LogP contribution in [-0.2, 0) is 4.79 Å². The predicted molar refractivity (Wildman–Crippen MR) is 87.4 cm³/mol. The molecule has 0 aliphatic heterocycles. The van der Waals surface area contributed by atoms with E-state index in [4.69, 9.17) is 12.2 Å². The Balaban J connectivity index is 2.03.